The molecular weight excluding hydrogens is 916 g/mol. The molecule has 0 aromatic heterocycles. The molecule has 0 aliphatic carbocycles. The molecule has 2 aliphatic heterocycles. The SMILES string of the molecule is COC(=O)C1CC(COCc2ccccc2)N(C(=O)OC(C)(C)C)C1=O.COC(=O)CCBr.COC(=O)CCC1(C(=O)OC)CC(COCc2ccccc2)N(C(=O)OC(C)(C)C)C1=O. The molecule has 19 heteroatoms. The highest BCUT2D eigenvalue weighted by molar-refractivity contribution is 9.09. The zero-order valence-corrected chi connectivity index (χ0v) is 40.5. The van der Waals surface area contributed by atoms with Crippen LogP contribution in [0.3, 0.4) is 0 Å². The molecule has 0 N–H and O–H groups in total. The van der Waals surface area contributed by atoms with Crippen LogP contribution in [0.15, 0.2) is 60.7 Å². The van der Waals surface area contributed by atoms with E-state index in [0.717, 1.165) is 28.0 Å². The third kappa shape index (κ3) is 17.8. The van der Waals surface area contributed by atoms with Crippen LogP contribution in [0.2, 0.25) is 0 Å². The zero-order valence-electron chi connectivity index (χ0n) is 38.9. The lowest BCUT2D eigenvalue weighted by molar-refractivity contribution is -0.160. The minimum Gasteiger partial charge on any atom is -0.469 e. The first kappa shape index (κ1) is 55.7. The molecule has 2 aromatic carbocycles. The number of carbonyl (C=O) groups excluding carboxylic acids is 8. The number of imide groups is 2. The molecule has 0 saturated carbocycles. The number of likely N-dealkylation sites (tertiary alicyclic amines) is 2. The molecule has 0 bridgehead atoms. The van der Waals surface area contributed by atoms with Crippen LogP contribution in [0.5, 0.6) is 0 Å². The minimum absolute atomic E-state index is 0.00313. The van der Waals surface area contributed by atoms with Crippen molar-refractivity contribution in [3.05, 3.63) is 71.8 Å². The third-order valence-electron chi connectivity index (χ3n) is 9.58. The third-order valence-corrected chi connectivity index (χ3v) is 9.98. The molecule has 2 fully saturated rings. The van der Waals surface area contributed by atoms with E-state index in [4.69, 9.17) is 23.7 Å². The highest BCUT2D eigenvalue weighted by Crippen LogP contribution is 2.42. The Bertz CT molecular complexity index is 1900. The predicted molar refractivity (Wildman–Crippen MR) is 237 cm³/mol. The van der Waals surface area contributed by atoms with Crippen molar-refractivity contribution in [2.45, 2.75) is 110 Å². The van der Waals surface area contributed by atoms with Crippen molar-refractivity contribution in [1.82, 2.24) is 9.80 Å². The minimum atomic E-state index is -1.71. The molecule has 4 rings (SSSR count). The van der Waals surface area contributed by atoms with E-state index in [1.807, 2.05) is 60.7 Å². The molecule has 2 aliphatic rings. The maximum absolute atomic E-state index is 13.4. The second-order valence-electron chi connectivity index (χ2n) is 16.8. The number of methoxy groups -OCH3 is 4. The summed E-state index contributed by atoms with van der Waals surface area (Å²) in [4.78, 5) is 99.7. The molecule has 2 heterocycles. The van der Waals surface area contributed by atoms with Crippen LogP contribution >= 0.6 is 15.9 Å². The lowest BCUT2D eigenvalue weighted by Gasteiger charge is -2.27. The van der Waals surface area contributed by atoms with Crippen LogP contribution in [-0.4, -0.2) is 128 Å². The highest BCUT2D eigenvalue weighted by atomic mass is 79.9. The maximum Gasteiger partial charge on any atom is 0.417 e. The van der Waals surface area contributed by atoms with Crippen molar-refractivity contribution in [1.29, 1.82) is 0 Å². The molecular formula is C46H63BrN2O16. The first-order valence-corrected chi connectivity index (χ1v) is 21.9. The van der Waals surface area contributed by atoms with Crippen molar-refractivity contribution < 1.29 is 76.3 Å². The summed E-state index contributed by atoms with van der Waals surface area (Å²) in [5.74, 6) is -4.61. The molecule has 4 unspecified atom stereocenters. The van der Waals surface area contributed by atoms with Gasteiger partial charge in [0.1, 0.15) is 22.5 Å². The number of benzene rings is 2. The zero-order chi connectivity index (χ0) is 49.0. The van der Waals surface area contributed by atoms with Gasteiger partial charge in [-0.1, -0.05) is 76.6 Å². The van der Waals surface area contributed by atoms with Gasteiger partial charge < -0.3 is 37.9 Å². The lowest BCUT2D eigenvalue weighted by atomic mass is 9.80. The number of alkyl halides is 1. The first-order valence-electron chi connectivity index (χ1n) is 20.8. The van der Waals surface area contributed by atoms with Gasteiger partial charge in [-0.2, -0.15) is 0 Å². The molecule has 2 saturated heterocycles. The van der Waals surface area contributed by atoms with Crippen molar-refractivity contribution in [3.8, 4) is 0 Å². The second-order valence-corrected chi connectivity index (χ2v) is 17.6. The van der Waals surface area contributed by atoms with Gasteiger partial charge in [-0.15, -0.1) is 0 Å². The summed E-state index contributed by atoms with van der Waals surface area (Å²) in [6, 6.07) is 17.6. The van der Waals surface area contributed by atoms with Gasteiger partial charge in [0.25, 0.3) is 0 Å². The summed E-state index contributed by atoms with van der Waals surface area (Å²) in [7, 11) is 4.97. The Labute approximate surface area is 388 Å². The standard InChI is InChI=1S/C23H31NO8.C19H25NO6.C4H7BrO2/c1-22(2,3)32-21(28)24-17(15-31-14-16-9-7-6-8-10-16)13-23(19(24)26,20(27)30-5)12-11-18(25)29-4;1-19(2,3)26-18(23)20-14(10-15(16(20)21)17(22)24-4)12-25-11-13-8-6-5-7-9-13;1-7-4(6)2-3-5/h6-10,17H,11-15H2,1-5H3;5-9,14-15H,10-12H2,1-4H3;2-3H2,1H3. The van der Waals surface area contributed by atoms with Gasteiger partial charge in [0, 0.05) is 11.8 Å². The summed E-state index contributed by atoms with van der Waals surface area (Å²) >= 11 is 3.09. The summed E-state index contributed by atoms with van der Waals surface area (Å²) in [5.41, 5.74) is -1.41. The van der Waals surface area contributed by atoms with Crippen LogP contribution in [0.4, 0.5) is 9.59 Å². The van der Waals surface area contributed by atoms with Gasteiger partial charge in [-0.25, -0.2) is 19.4 Å². The topological polar surface area (TPSA) is 217 Å². The van der Waals surface area contributed by atoms with Crippen LogP contribution in [0.25, 0.3) is 0 Å². The van der Waals surface area contributed by atoms with Gasteiger partial charge in [0.15, 0.2) is 0 Å². The lowest BCUT2D eigenvalue weighted by Crippen LogP contribution is -2.47. The summed E-state index contributed by atoms with van der Waals surface area (Å²) in [5, 5.41) is 0.680. The van der Waals surface area contributed by atoms with E-state index in [9.17, 15) is 38.4 Å². The molecule has 4 amide bonds. The molecule has 65 heavy (non-hydrogen) atoms. The van der Waals surface area contributed by atoms with E-state index < -0.39 is 76.5 Å². The van der Waals surface area contributed by atoms with Crippen LogP contribution in [0.1, 0.15) is 84.8 Å². The van der Waals surface area contributed by atoms with E-state index in [1.54, 1.807) is 41.5 Å². The molecule has 0 radical (unpaired) electrons. The van der Waals surface area contributed by atoms with Gasteiger partial charge in [-0.3, -0.25) is 28.8 Å². The Morgan fingerprint density at radius 1 is 0.646 bits per heavy atom. The van der Waals surface area contributed by atoms with E-state index in [1.165, 1.54) is 21.3 Å². The summed E-state index contributed by atoms with van der Waals surface area (Å²) < 4.78 is 40.7. The Kier molecular flexibility index (Phi) is 22.7. The average molecular weight is 980 g/mol. The first-order chi connectivity index (χ1) is 30.6. The van der Waals surface area contributed by atoms with E-state index in [0.29, 0.717) is 18.4 Å². The van der Waals surface area contributed by atoms with Gasteiger partial charge in [0.2, 0.25) is 11.8 Å². The second kappa shape index (κ2) is 26.5. The molecule has 2 aromatic rings. The Balaban J connectivity index is 0.000000395. The summed E-state index contributed by atoms with van der Waals surface area (Å²) in [6.45, 7) is 10.9. The Morgan fingerprint density at radius 2 is 1.11 bits per heavy atom. The monoisotopic (exact) mass is 978 g/mol. The van der Waals surface area contributed by atoms with Crippen molar-refractivity contribution in [2.75, 3.05) is 47.0 Å². The number of esters is 4. The number of ether oxygens (including phenoxy) is 8. The fourth-order valence-electron chi connectivity index (χ4n) is 6.56. The quantitative estimate of drug-likeness (QED) is 0.0825. The number of carbonyl (C=O) groups is 8. The highest BCUT2D eigenvalue weighted by Gasteiger charge is 2.60. The number of amides is 4. The number of halogens is 1. The van der Waals surface area contributed by atoms with Crippen LogP contribution in [-0.2, 0) is 79.9 Å². The van der Waals surface area contributed by atoms with Crippen LogP contribution < -0.4 is 0 Å². The Morgan fingerprint density at radius 3 is 1.52 bits per heavy atom. The average Bonchev–Trinajstić information content (AvgIpc) is 3.74. The fraction of sp³-hybridized carbons (Fsp3) is 0.565. The predicted octanol–water partition coefficient (Wildman–Crippen LogP) is 6.32. The van der Waals surface area contributed by atoms with Gasteiger partial charge in [0.05, 0.1) is 73.4 Å². The normalized spacial score (nSPS) is 19.2. The number of hydrogen-bond acceptors (Lipinski definition) is 16. The van der Waals surface area contributed by atoms with E-state index >= 15 is 0 Å². The molecule has 0 spiro atoms. The number of hydrogen-bond donors (Lipinski definition) is 0. The molecule has 4 atom stereocenters. The van der Waals surface area contributed by atoms with Crippen molar-refractivity contribution >= 4 is 63.8 Å². The largest absolute Gasteiger partial charge is 0.469 e. The fourth-order valence-corrected chi connectivity index (χ4v) is 6.88. The number of nitrogens with zero attached hydrogens (tertiary/aromatic N) is 2. The number of rotatable bonds is 15. The smallest absolute Gasteiger partial charge is 0.417 e. The van der Waals surface area contributed by atoms with Crippen LogP contribution in [0, 0.1) is 11.3 Å². The van der Waals surface area contributed by atoms with Crippen molar-refractivity contribution in [2.24, 2.45) is 11.3 Å². The Hall–Kier alpha value is -5.40. The van der Waals surface area contributed by atoms with E-state index in [2.05, 4.69) is 30.1 Å². The van der Waals surface area contributed by atoms with Crippen molar-refractivity contribution in [3.63, 3.8) is 0 Å². The van der Waals surface area contributed by atoms with Gasteiger partial charge >= 0.3 is 36.1 Å². The van der Waals surface area contributed by atoms with E-state index in [-0.39, 0.29) is 51.5 Å². The molecule has 18 nitrogen and oxygen atoms in total. The molecule has 360 valence electrons. The summed E-state index contributed by atoms with van der Waals surface area (Å²) in [6.07, 6.45) is -1.43. The maximum atomic E-state index is 13.4. The van der Waals surface area contributed by atoms with Gasteiger partial charge in [-0.05, 0) is 71.9 Å².